The lowest BCUT2D eigenvalue weighted by atomic mass is 9.77. The first-order valence-electron chi connectivity index (χ1n) is 17.6. The van der Waals surface area contributed by atoms with E-state index in [1.165, 1.54) is 29.5 Å². The fourth-order valence-electron chi connectivity index (χ4n) is 6.36. The van der Waals surface area contributed by atoms with E-state index >= 15 is 0 Å². The highest BCUT2D eigenvalue weighted by Gasteiger charge is 2.27. The third-order valence-corrected chi connectivity index (χ3v) is 9.56. The largest absolute Gasteiger partial charge is 0.462 e. The number of benzene rings is 2. The number of aliphatic hydroxyl groups excluding tert-OH is 2. The third kappa shape index (κ3) is 15.3. The van der Waals surface area contributed by atoms with Gasteiger partial charge in [0, 0.05) is 12.3 Å². The number of alkyl halides is 3. The van der Waals surface area contributed by atoms with Crippen LogP contribution in [-0.4, -0.2) is 54.8 Å². The molecule has 6 nitrogen and oxygen atoms in total. The van der Waals surface area contributed by atoms with Crippen LogP contribution in [0.5, 0.6) is 0 Å². The van der Waals surface area contributed by atoms with Crippen LogP contribution in [0.15, 0.2) is 72.8 Å². The number of ether oxygens (including phenoxy) is 2. The summed E-state index contributed by atoms with van der Waals surface area (Å²) in [6.45, 7) is 5.98. The highest BCUT2D eigenvalue weighted by molar-refractivity contribution is 5.88. The lowest BCUT2D eigenvalue weighted by Crippen LogP contribution is -2.23. The summed E-state index contributed by atoms with van der Waals surface area (Å²) in [7, 11) is 0. The number of rotatable bonds is 21. The molecular formula is C40H53F3O6. The molecule has 0 aliphatic heterocycles. The molecule has 2 aromatic rings. The number of hydrogen-bond acceptors (Lipinski definition) is 6. The second-order valence-corrected chi connectivity index (χ2v) is 13.5. The maximum absolute atomic E-state index is 12.4. The number of aryl methyl sites for hydroxylation is 2. The van der Waals surface area contributed by atoms with Crippen LogP contribution < -0.4 is 0 Å². The van der Waals surface area contributed by atoms with Gasteiger partial charge in [-0.25, -0.2) is 9.59 Å². The average Bonchev–Trinajstić information content (AvgIpc) is 3.11. The van der Waals surface area contributed by atoms with Gasteiger partial charge in [-0.15, -0.1) is 0 Å². The summed E-state index contributed by atoms with van der Waals surface area (Å²) in [5, 5.41) is 18.2. The second-order valence-electron chi connectivity index (χ2n) is 13.5. The molecule has 9 heteroatoms. The zero-order chi connectivity index (χ0) is 35.6. The molecule has 0 amide bonds. The minimum Gasteiger partial charge on any atom is -0.462 e. The van der Waals surface area contributed by atoms with Crippen LogP contribution in [-0.2, 0) is 31.9 Å². The Labute approximate surface area is 289 Å². The molecule has 0 spiro atoms. The molecule has 0 unspecified atom stereocenters. The Hall–Kier alpha value is -3.43. The average molecular weight is 687 g/mol. The van der Waals surface area contributed by atoms with Gasteiger partial charge in [0.2, 0.25) is 0 Å². The summed E-state index contributed by atoms with van der Waals surface area (Å²) in [5.74, 6) is -0.335. The maximum Gasteiger partial charge on any atom is 0.389 e. The van der Waals surface area contributed by atoms with E-state index in [2.05, 4.69) is 61.7 Å². The van der Waals surface area contributed by atoms with Crippen molar-refractivity contribution < 1.29 is 42.4 Å². The highest BCUT2D eigenvalue weighted by Crippen LogP contribution is 2.35. The van der Waals surface area contributed by atoms with E-state index in [1.807, 2.05) is 0 Å². The Morgan fingerprint density at radius 3 is 1.63 bits per heavy atom. The van der Waals surface area contributed by atoms with E-state index in [1.54, 1.807) is 0 Å². The van der Waals surface area contributed by atoms with Crippen molar-refractivity contribution >= 4 is 11.9 Å². The van der Waals surface area contributed by atoms with Crippen molar-refractivity contribution in [3.63, 3.8) is 0 Å². The van der Waals surface area contributed by atoms with Crippen molar-refractivity contribution in [2.45, 2.75) is 96.1 Å². The molecular weight excluding hydrogens is 633 g/mol. The van der Waals surface area contributed by atoms with Gasteiger partial charge in [0.1, 0.15) is 0 Å². The van der Waals surface area contributed by atoms with Crippen molar-refractivity contribution in [1.29, 1.82) is 0 Å². The maximum atomic E-state index is 12.4. The van der Waals surface area contributed by atoms with Crippen molar-refractivity contribution in [2.75, 3.05) is 26.4 Å². The van der Waals surface area contributed by atoms with Crippen LogP contribution in [0.4, 0.5) is 13.2 Å². The Kier molecular flexibility index (Phi) is 17.1. The quantitative estimate of drug-likeness (QED) is 0.0776. The lowest BCUT2D eigenvalue weighted by molar-refractivity contribution is -0.145. The van der Waals surface area contributed by atoms with Crippen molar-refractivity contribution in [3.05, 3.63) is 84.0 Å². The Morgan fingerprint density at radius 2 is 1.16 bits per heavy atom. The summed E-state index contributed by atoms with van der Waals surface area (Å²) in [6, 6.07) is 17.3. The summed E-state index contributed by atoms with van der Waals surface area (Å²) < 4.78 is 47.6. The highest BCUT2D eigenvalue weighted by atomic mass is 19.4. The molecule has 1 fully saturated rings. The molecule has 0 aromatic heterocycles. The van der Waals surface area contributed by atoms with Gasteiger partial charge >= 0.3 is 18.1 Å². The molecule has 3 rings (SSSR count). The SMILES string of the molecule is C=C(CO)C(=O)OCC(CCCCc1ccc(-c2ccc(CCC3CCC(CCCCC(F)(F)F)CC3)cc2)cc1)COC(=O)C(=C)CO. The predicted molar refractivity (Wildman–Crippen MR) is 186 cm³/mol. The van der Waals surface area contributed by atoms with Crippen LogP contribution >= 0.6 is 0 Å². The first-order chi connectivity index (χ1) is 23.5. The van der Waals surface area contributed by atoms with Crippen LogP contribution in [0.1, 0.15) is 88.2 Å². The van der Waals surface area contributed by atoms with Gasteiger partial charge in [0.05, 0.1) is 37.6 Å². The number of aliphatic hydroxyl groups is 2. The number of carbonyl (C=O) groups is 2. The first-order valence-corrected chi connectivity index (χ1v) is 17.6. The van der Waals surface area contributed by atoms with E-state index in [4.69, 9.17) is 19.7 Å². The van der Waals surface area contributed by atoms with Crippen LogP contribution in [0.2, 0.25) is 0 Å². The number of halogens is 3. The molecule has 49 heavy (non-hydrogen) atoms. The number of carbonyl (C=O) groups excluding carboxylic acids is 2. The molecule has 0 atom stereocenters. The van der Waals surface area contributed by atoms with E-state index in [9.17, 15) is 22.8 Å². The summed E-state index contributed by atoms with van der Waals surface area (Å²) in [4.78, 5) is 23.8. The van der Waals surface area contributed by atoms with E-state index < -0.39 is 37.7 Å². The lowest BCUT2D eigenvalue weighted by Gasteiger charge is -2.28. The van der Waals surface area contributed by atoms with Gasteiger partial charge in [-0.1, -0.05) is 107 Å². The van der Waals surface area contributed by atoms with Gasteiger partial charge in [-0.05, 0) is 72.6 Å². The molecule has 2 N–H and O–H groups in total. The van der Waals surface area contributed by atoms with Gasteiger partial charge in [0.15, 0.2) is 0 Å². The van der Waals surface area contributed by atoms with E-state index in [0.29, 0.717) is 24.7 Å². The molecule has 1 saturated carbocycles. The van der Waals surface area contributed by atoms with Crippen molar-refractivity contribution in [3.8, 4) is 11.1 Å². The monoisotopic (exact) mass is 686 g/mol. The Balaban J connectivity index is 1.37. The van der Waals surface area contributed by atoms with Crippen LogP contribution in [0.3, 0.4) is 0 Å². The van der Waals surface area contributed by atoms with Gasteiger partial charge < -0.3 is 19.7 Å². The molecule has 0 bridgehead atoms. The zero-order valence-electron chi connectivity index (χ0n) is 28.7. The minimum atomic E-state index is -4.03. The number of unbranched alkanes of at least 4 members (excludes halogenated alkanes) is 2. The molecule has 1 aliphatic carbocycles. The molecule has 2 aromatic carbocycles. The zero-order valence-corrected chi connectivity index (χ0v) is 28.7. The van der Waals surface area contributed by atoms with Crippen molar-refractivity contribution in [2.24, 2.45) is 17.8 Å². The van der Waals surface area contributed by atoms with Crippen LogP contribution in [0, 0.1) is 17.8 Å². The summed E-state index contributed by atoms with van der Waals surface area (Å²) >= 11 is 0. The molecule has 1 aliphatic rings. The normalized spacial score (nSPS) is 16.4. The predicted octanol–water partition coefficient (Wildman–Crippen LogP) is 8.73. The summed E-state index contributed by atoms with van der Waals surface area (Å²) in [6.07, 6.45) is 7.27. The van der Waals surface area contributed by atoms with Crippen molar-refractivity contribution in [1.82, 2.24) is 0 Å². The van der Waals surface area contributed by atoms with Gasteiger partial charge in [-0.3, -0.25) is 0 Å². The minimum absolute atomic E-state index is 0.0184. The Bertz CT molecular complexity index is 1280. The smallest absolute Gasteiger partial charge is 0.389 e. The molecule has 270 valence electrons. The number of esters is 2. The van der Waals surface area contributed by atoms with Gasteiger partial charge in [-0.2, -0.15) is 13.2 Å². The fraction of sp³-hybridized carbons (Fsp3) is 0.550. The standard InChI is InChI=1S/C40H53F3O6/c1-29(25-44)38(46)48-27-35(28-49-39(47)30(2)26-45)9-4-3-7-32-16-20-36(21-17-32)37-22-18-34(19-23-37)15-14-33-12-10-31(11-13-33)8-5-6-24-40(41,42)43/h16-23,31,33,35,44-45H,1-15,24-28H2. The van der Waals surface area contributed by atoms with E-state index in [-0.39, 0.29) is 36.7 Å². The molecule has 0 saturated heterocycles. The Morgan fingerprint density at radius 1 is 0.694 bits per heavy atom. The summed E-state index contributed by atoms with van der Waals surface area (Å²) in [5.41, 5.74) is 4.77. The fourth-order valence-corrected chi connectivity index (χ4v) is 6.36. The third-order valence-electron chi connectivity index (χ3n) is 9.56. The first kappa shape index (κ1) is 40.0. The second kappa shape index (κ2) is 20.9. The number of hydrogen-bond donors (Lipinski definition) is 2. The van der Waals surface area contributed by atoms with Gasteiger partial charge in [0.25, 0.3) is 0 Å². The van der Waals surface area contributed by atoms with E-state index in [0.717, 1.165) is 56.9 Å². The molecule has 0 heterocycles. The van der Waals surface area contributed by atoms with Crippen LogP contribution in [0.25, 0.3) is 11.1 Å². The molecule has 0 radical (unpaired) electrons. The topological polar surface area (TPSA) is 93.1 Å².